The van der Waals surface area contributed by atoms with Crippen molar-refractivity contribution in [3.05, 3.63) is 44.6 Å². The van der Waals surface area contributed by atoms with Crippen LogP contribution in [0.25, 0.3) is 5.69 Å². The highest BCUT2D eigenvalue weighted by atomic mass is 35.5. The van der Waals surface area contributed by atoms with Crippen LogP contribution in [0, 0.1) is 6.92 Å². The van der Waals surface area contributed by atoms with E-state index in [1.54, 1.807) is 0 Å². The Labute approximate surface area is 110 Å². The van der Waals surface area contributed by atoms with Crippen LogP contribution < -0.4 is 5.69 Å². The van der Waals surface area contributed by atoms with Gasteiger partial charge in [-0.05, 0) is 25.1 Å². The lowest BCUT2D eigenvalue weighted by atomic mass is 10.3. The Morgan fingerprint density at radius 3 is 2.22 bits per heavy atom. The molecule has 96 valence electrons. The van der Waals surface area contributed by atoms with Crippen molar-refractivity contribution in [3.8, 4) is 5.69 Å². The van der Waals surface area contributed by atoms with Gasteiger partial charge in [-0.15, -0.1) is 0 Å². The Bertz CT molecular complexity index is 631. The summed E-state index contributed by atoms with van der Waals surface area (Å²) in [5, 5.41) is 4.33. The van der Waals surface area contributed by atoms with Gasteiger partial charge in [0.15, 0.2) is 0 Å². The predicted molar refractivity (Wildman–Crippen MR) is 63.8 cm³/mol. The fourth-order valence-corrected chi connectivity index (χ4v) is 2.05. The number of aryl methyl sites for hydroxylation is 1. The Hall–Kier alpha value is -1.40. The first-order valence-corrected chi connectivity index (χ1v) is 5.58. The van der Waals surface area contributed by atoms with E-state index < -0.39 is 12.2 Å². The SMILES string of the molecule is Cc1nn(-c2cc(Cl)cc(Cl)c2)c(=O)n1C(F)F. The highest BCUT2D eigenvalue weighted by Gasteiger charge is 2.18. The number of alkyl halides is 2. The Balaban J connectivity index is 2.65. The molecule has 0 spiro atoms. The summed E-state index contributed by atoms with van der Waals surface area (Å²) in [7, 11) is 0. The molecule has 4 nitrogen and oxygen atoms in total. The zero-order valence-electron chi connectivity index (χ0n) is 9.07. The lowest BCUT2D eigenvalue weighted by Gasteiger charge is -2.01. The second kappa shape index (κ2) is 4.70. The van der Waals surface area contributed by atoms with Crippen LogP contribution in [-0.4, -0.2) is 14.3 Å². The first-order valence-electron chi connectivity index (χ1n) is 4.83. The Morgan fingerprint density at radius 2 is 1.78 bits per heavy atom. The van der Waals surface area contributed by atoms with Crippen LogP contribution in [-0.2, 0) is 0 Å². The molecule has 0 amide bonds. The van der Waals surface area contributed by atoms with Gasteiger partial charge in [-0.2, -0.15) is 18.6 Å². The standard InChI is InChI=1S/C10H7Cl2F2N3O/c1-5-15-17(10(18)16(5)9(13)14)8-3-6(11)2-7(12)4-8/h2-4,9H,1H3. The number of rotatable bonds is 2. The molecule has 1 aromatic carbocycles. The molecular formula is C10H7Cl2F2N3O. The molecule has 0 aliphatic heterocycles. The lowest BCUT2D eigenvalue weighted by molar-refractivity contribution is 0.0640. The van der Waals surface area contributed by atoms with E-state index in [9.17, 15) is 13.6 Å². The highest BCUT2D eigenvalue weighted by molar-refractivity contribution is 6.34. The second-order valence-corrected chi connectivity index (χ2v) is 4.39. The summed E-state index contributed by atoms with van der Waals surface area (Å²) in [5.74, 6) is -0.0916. The van der Waals surface area contributed by atoms with E-state index in [1.807, 2.05) is 0 Å². The summed E-state index contributed by atoms with van der Waals surface area (Å²) in [6.45, 7) is -1.63. The topological polar surface area (TPSA) is 39.8 Å². The highest BCUT2D eigenvalue weighted by Crippen LogP contribution is 2.21. The van der Waals surface area contributed by atoms with E-state index in [-0.39, 0.29) is 26.1 Å². The van der Waals surface area contributed by atoms with Crippen LogP contribution in [0.4, 0.5) is 8.78 Å². The number of hydrogen-bond acceptors (Lipinski definition) is 2. The van der Waals surface area contributed by atoms with Crippen LogP contribution in [0.1, 0.15) is 12.4 Å². The molecule has 2 rings (SSSR count). The minimum Gasteiger partial charge on any atom is -0.245 e. The minimum atomic E-state index is -2.94. The molecule has 0 aliphatic carbocycles. The van der Waals surface area contributed by atoms with Gasteiger partial charge in [-0.25, -0.2) is 9.36 Å². The summed E-state index contributed by atoms with van der Waals surface area (Å²) in [4.78, 5) is 11.8. The fraction of sp³-hybridized carbons (Fsp3) is 0.200. The fourth-order valence-electron chi connectivity index (χ4n) is 1.53. The Kier molecular flexibility index (Phi) is 3.41. The van der Waals surface area contributed by atoms with Crippen LogP contribution in [0.2, 0.25) is 10.0 Å². The number of benzene rings is 1. The van der Waals surface area contributed by atoms with Crippen LogP contribution in [0.5, 0.6) is 0 Å². The number of aromatic nitrogens is 3. The molecule has 1 heterocycles. The molecular weight excluding hydrogens is 287 g/mol. The molecule has 8 heteroatoms. The third-order valence-electron chi connectivity index (χ3n) is 2.27. The quantitative estimate of drug-likeness (QED) is 0.854. The number of hydrogen-bond donors (Lipinski definition) is 0. The molecule has 0 saturated carbocycles. The maximum absolute atomic E-state index is 12.6. The molecule has 18 heavy (non-hydrogen) atoms. The monoisotopic (exact) mass is 293 g/mol. The van der Waals surface area contributed by atoms with Gasteiger partial charge in [0.05, 0.1) is 5.69 Å². The maximum atomic E-state index is 12.6. The van der Waals surface area contributed by atoms with Crippen molar-refractivity contribution in [1.29, 1.82) is 0 Å². The molecule has 0 saturated heterocycles. The van der Waals surface area contributed by atoms with Crippen molar-refractivity contribution in [2.75, 3.05) is 0 Å². The average molecular weight is 294 g/mol. The van der Waals surface area contributed by atoms with Crippen molar-refractivity contribution in [1.82, 2.24) is 14.3 Å². The van der Waals surface area contributed by atoms with Crippen molar-refractivity contribution < 1.29 is 8.78 Å². The third-order valence-corrected chi connectivity index (χ3v) is 2.70. The molecule has 0 unspecified atom stereocenters. The second-order valence-electron chi connectivity index (χ2n) is 3.52. The van der Waals surface area contributed by atoms with Crippen LogP contribution in [0.15, 0.2) is 23.0 Å². The largest absolute Gasteiger partial charge is 0.355 e. The minimum absolute atomic E-state index is 0.0916. The molecule has 0 atom stereocenters. The number of nitrogens with zero attached hydrogens (tertiary/aromatic N) is 3. The van der Waals surface area contributed by atoms with E-state index in [0.29, 0.717) is 0 Å². The summed E-state index contributed by atoms with van der Waals surface area (Å²) in [6.07, 6.45) is 0. The Morgan fingerprint density at radius 1 is 1.22 bits per heavy atom. The van der Waals surface area contributed by atoms with Crippen LogP contribution >= 0.6 is 23.2 Å². The van der Waals surface area contributed by atoms with E-state index in [2.05, 4.69) is 5.10 Å². The molecule has 2 aromatic rings. The van der Waals surface area contributed by atoms with Gasteiger partial charge in [-0.3, -0.25) is 0 Å². The smallest absolute Gasteiger partial charge is 0.245 e. The van der Waals surface area contributed by atoms with Crippen LogP contribution in [0.3, 0.4) is 0 Å². The molecule has 0 bridgehead atoms. The molecule has 1 aromatic heterocycles. The maximum Gasteiger partial charge on any atom is 0.355 e. The summed E-state index contributed by atoms with van der Waals surface area (Å²) < 4.78 is 26.4. The zero-order valence-corrected chi connectivity index (χ0v) is 10.6. The van der Waals surface area contributed by atoms with Gasteiger partial charge in [0, 0.05) is 10.0 Å². The van der Waals surface area contributed by atoms with Crippen molar-refractivity contribution in [3.63, 3.8) is 0 Å². The summed E-state index contributed by atoms with van der Waals surface area (Å²) in [6, 6.07) is 4.29. The van der Waals surface area contributed by atoms with E-state index in [0.717, 1.165) is 4.68 Å². The first kappa shape index (κ1) is 13.0. The third kappa shape index (κ3) is 2.26. The van der Waals surface area contributed by atoms with Gasteiger partial charge < -0.3 is 0 Å². The van der Waals surface area contributed by atoms with Gasteiger partial charge in [-0.1, -0.05) is 23.2 Å². The normalized spacial score (nSPS) is 11.2. The predicted octanol–water partition coefficient (Wildman–Crippen LogP) is 3.04. The van der Waals surface area contributed by atoms with E-state index >= 15 is 0 Å². The summed E-state index contributed by atoms with van der Waals surface area (Å²) in [5.41, 5.74) is -0.708. The van der Waals surface area contributed by atoms with Crippen molar-refractivity contribution in [2.45, 2.75) is 13.5 Å². The molecule has 0 aliphatic rings. The average Bonchev–Trinajstić information content (AvgIpc) is 2.52. The number of halogens is 4. The van der Waals surface area contributed by atoms with Gasteiger partial charge >= 0.3 is 12.2 Å². The summed E-state index contributed by atoms with van der Waals surface area (Å²) >= 11 is 11.6. The molecule has 0 N–H and O–H groups in total. The zero-order chi connectivity index (χ0) is 13.4. The van der Waals surface area contributed by atoms with Crippen molar-refractivity contribution in [2.24, 2.45) is 0 Å². The molecule has 0 fully saturated rings. The van der Waals surface area contributed by atoms with Gasteiger partial charge in [0.2, 0.25) is 0 Å². The van der Waals surface area contributed by atoms with Crippen molar-refractivity contribution >= 4 is 23.2 Å². The molecule has 0 radical (unpaired) electrons. The van der Waals surface area contributed by atoms with Gasteiger partial charge in [0.1, 0.15) is 5.82 Å². The van der Waals surface area contributed by atoms with E-state index in [4.69, 9.17) is 23.2 Å². The van der Waals surface area contributed by atoms with E-state index in [1.165, 1.54) is 25.1 Å². The lowest BCUT2D eigenvalue weighted by Crippen LogP contribution is -2.24. The first-order chi connectivity index (χ1) is 8.40. The van der Waals surface area contributed by atoms with Gasteiger partial charge in [0.25, 0.3) is 0 Å².